The number of nitro benzene ring substituents is 1. The van der Waals surface area contributed by atoms with Crippen molar-refractivity contribution in [3.8, 4) is 5.69 Å². The SMILES string of the molecule is Cc1c(NC(=O)c2cnn(-c3ccccc3)c2)cccc1[N+](=O)[O-]. The second-order valence-electron chi connectivity index (χ2n) is 5.17. The topological polar surface area (TPSA) is 90.1 Å². The van der Waals surface area contributed by atoms with Gasteiger partial charge >= 0.3 is 0 Å². The van der Waals surface area contributed by atoms with Crippen molar-refractivity contribution in [2.45, 2.75) is 6.92 Å². The lowest BCUT2D eigenvalue weighted by Crippen LogP contribution is -2.12. The van der Waals surface area contributed by atoms with Crippen LogP contribution >= 0.6 is 0 Å². The number of hydrogen-bond acceptors (Lipinski definition) is 4. The first kappa shape index (κ1) is 15.4. The third-order valence-corrected chi connectivity index (χ3v) is 3.62. The number of nitrogens with zero attached hydrogens (tertiary/aromatic N) is 3. The molecular weight excluding hydrogens is 308 g/mol. The van der Waals surface area contributed by atoms with Gasteiger partial charge in [-0.25, -0.2) is 4.68 Å². The number of para-hydroxylation sites is 1. The maximum absolute atomic E-state index is 12.4. The summed E-state index contributed by atoms with van der Waals surface area (Å²) < 4.78 is 1.59. The van der Waals surface area contributed by atoms with Gasteiger partial charge in [-0.05, 0) is 25.1 Å². The number of aromatic nitrogens is 2. The molecule has 0 radical (unpaired) electrons. The maximum Gasteiger partial charge on any atom is 0.274 e. The van der Waals surface area contributed by atoms with Gasteiger partial charge in [0.05, 0.1) is 33.6 Å². The second-order valence-corrected chi connectivity index (χ2v) is 5.17. The molecule has 1 N–H and O–H groups in total. The first-order chi connectivity index (χ1) is 11.6. The van der Waals surface area contributed by atoms with Crippen LogP contribution in [0.1, 0.15) is 15.9 Å². The lowest BCUT2D eigenvalue weighted by Gasteiger charge is -2.07. The molecule has 0 saturated heterocycles. The number of benzene rings is 2. The maximum atomic E-state index is 12.4. The van der Waals surface area contributed by atoms with Gasteiger partial charge < -0.3 is 5.32 Å². The zero-order valence-electron chi connectivity index (χ0n) is 12.8. The summed E-state index contributed by atoms with van der Waals surface area (Å²) >= 11 is 0. The highest BCUT2D eigenvalue weighted by Gasteiger charge is 2.16. The molecule has 0 aliphatic carbocycles. The molecule has 3 aromatic rings. The summed E-state index contributed by atoms with van der Waals surface area (Å²) in [5.41, 5.74) is 1.98. The average Bonchev–Trinajstić information content (AvgIpc) is 3.07. The largest absolute Gasteiger partial charge is 0.321 e. The smallest absolute Gasteiger partial charge is 0.274 e. The Kier molecular flexibility index (Phi) is 4.07. The lowest BCUT2D eigenvalue weighted by molar-refractivity contribution is -0.385. The van der Waals surface area contributed by atoms with E-state index in [1.807, 2.05) is 30.3 Å². The quantitative estimate of drug-likeness (QED) is 0.589. The van der Waals surface area contributed by atoms with Crippen LogP contribution in [0.15, 0.2) is 60.9 Å². The highest BCUT2D eigenvalue weighted by molar-refractivity contribution is 6.04. The number of nitro groups is 1. The van der Waals surface area contributed by atoms with Crippen LogP contribution in [-0.2, 0) is 0 Å². The lowest BCUT2D eigenvalue weighted by atomic mass is 10.1. The van der Waals surface area contributed by atoms with Gasteiger partial charge in [0.1, 0.15) is 0 Å². The monoisotopic (exact) mass is 322 g/mol. The predicted octanol–water partition coefficient (Wildman–Crippen LogP) is 3.34. The van der Waals surface area contributed by atoms with E-state index in [-0.39, 0.29) is 11.6 Å². The van der Waals surface area contributed by atoms with E-state index in [0.29, 0.717) is 16.8 Å². The summed E-state index contributed by atoms with van der Waals surface area (Å²) in [5.74, 6) is -0.374. The van der Waals surface area contributed by atoms with Crippen molar-refractivity contribution in [3.05, 3.63) is 82.2 Å². The predicted molar refractivity (Wildman–Crippen MR) is 89.4 cm³/mol. The normalized spacial score (nSPS) is 10.4. The van der Waals surface area contributed by atoms with Crippen LogP contribution in [0.25, 0.3) is 5.69 Å². The van der Waals surface area contributed by atoms with Crippen molar-refractivity contribution >= 4 is 17.3 Å². The summed E-state index contributed by atoms with van der Waals surface area (Å²) in [5, 5.41) is 17.8. The van der Waals surface area contributed by atoms with Crippen LogP contribution in [0.5, 0.6) is 0 Å². The first-order valence-corrected chi connectivity index (χ1v) is 7.21. The molecule has 24 heavy (non-hydrogen) atoms. The molecule has 0 saturated carbocycles. The van der Waals surface area contributed by atoms with Crippen LogP contribution in [0.3, 0.4) is 0 Å². The molecule has 2 aromatic carbocycles. The van der Waals surface area contributed by atoms with Crippen LogP contribution in [0, 0.1) is 17.0 Å². The van der Waals surface area contributed by atoms with Gasteiger partial charge in [-0.2, -0.15) is 5.10 Å². The van der Waals surface area contributed by atoms with E-state index >= 15 is 0 Å². The number of hydrogen-bond donors (Lipinski definition) is 1. The minimum atomic E-state index is -0.474. The fraction of sp³-hybridized carbons (Fsp3) is 0.0588. The third kappa shape index (κ3) is 3.00. The zero-order chi connectivity index (χ0) is 17.1. The Morgan fingerprint density at radius 1 is 1.17 bits per heavy atom. The third-order valence-electron chi connectivity index (χ3n) is 3.62. The number of carbonyl (C=O) groups is 1. The number of carbonyl (C=O) groups excluding carboxylic acids is 1. The van der Waals surface area contributed by atoms with E-state index in [4.69, 9.17) is 0 Å². The summed E-state index contributed by atoms with van der Waals surface area (Å²) in [7, 11) is 0. The summed E-state index contributed by atoms with van der Waals surface area (Å²) in [6.07, 6.45) is 3.06. The molecule has 120 valence electrons. The van der Waals surface area contributed by atoms with E-state index in [2.05, 4.69) is 10.4 Å². The molecule has 7 nitrogen and oxygen atoms in total. The second kappa shape index (κ2) is 6.33. The molecule has 0 fully saturated rings. The highest BCUT2D eigenvalue weighted by atomic mass is 16.6. The number of anilines is 1. The summed E-state index contributed by atoms with van der Waals surface area (Å²) in [6.45, 7) is 1.60. The van der Waals surface area contributed by atoms with Gasteiger partial charge in [-0.3, -0.25) is 14.9 Å². The van der Waals surface area contributed by atoms with Crippen molar-refractivity contribution in [3.63, 3.8) is 0 Å². The van der Waals surface area contributed by atoms with E-state index in [0.717, 1.165) is 5.69 Å². The van der Waals surface area contributed by atoms with Crippen molar-refractivity contribution in [1.29, 1.82) is 0 Å². The summed E-state index contributed by atoms with van der Waals surface area (Å²) in [6, 6.07) is 14.0. The number of rotatable bonds is 4. The summed E-state index contributed by atoms with van der Waals surface area (Å²) in [4.78, 5) is 22.9. The van der Waals surface area contributed by atoms with Crippen molar-refractivity contribution in [1.82, 2.24) is 9.78 Å². The van der Waals surface area contributed by atoms with Crippen molar-refractivity contribution in [2.24, 2.45) is 0 Å². The van der Waals surface area contributed by atoms with Crippen molar-refractivity contribution in [2.75, 3.05) is 5.32 Å². The molecular formula is C17H14N4O3. The Balaban J connectivity index is 1.83. The molecule has 1 heterocycles. The van der Waals surface area contributed by atoms with E-state index in [1.165, 1.54) is 18.3 Å². The molecule has 1 amide bonds. The number of nitrogens with one attached hydrogen (secondary N) is 1. The average molecular weight is 322 g/mol. The first-order valence-electron chi connectivity index (χ1n) is 7.21. The highest BCUT2D eigenvalue weighted by Crippen LogP contribution is 2.25. The molecule has 1 aromatic heterocycles. The Morgan fingerprint density at radius 2 is 1.92 bits per heavy atom. The Labute approximate surface area is 137 Å². The molecule has 0 unspecified atom stereocenters. The molecule has 0 aliphatic heterocycles. The Bertz CT molecular complexity index is 903. The van der Waals surface area contributed by atoms with Gasteiger partial charge in [0.25, 0.3) is 11.6 Å². The molecule has 0 aliphatic rings. The zero-order valence-corrected chi connectivity index (χ0v) is 12.8. The van der Waals surface area contributed by atoms with Gasteiger partial charge in [-0.1, -0.05) is 24.3 Å². The molecule has 0 bridgehead atoms. The Morgan fingerprint density at radius 3 is 2.62 bits per heavy atom. The van der Waals surface area contributed by atoms with Crippen LogP contribution < -0.4 is 5.32 Å². The minimum Gasteiger partial charge on any atom is -0.321 e. The van der Waals surface area contributed by atoms with E-state index in [9.17, 15) is 14.9 Å². The standard InChI is InChI=1S/C17H14N4O3/c1-12-15(8-5-9-16(12)21(23)24)19-17(22)13-10-18-20(11-13)14-6-3-2-4-7-14/h2-11H,1H3,(H,19,22). The Hall–Kier alpha value is -3.48. The van der Waals surface area contributed by atoms with Crippen molar-refractivity contribution < 1.29 is 9.72 Å². The van der Waals surface area contributed by atoms with Crippen LogP contribution in [0.4, 0.5) is 11.4 Å². The van der Waals surface area contributed by atoms with Gasteiger partial charge in [0, 0.05) is 12.3 Å². The van der Waals surface area contributed by atoms with Crippen LogP contribution in [-0.4, -0.2) is 20.6 Å². The molecule has 3 rings (SSSR count). The van der Waals surface area contributed by atoms with Gasteiger partial charge in [-0.15, -0.1) is 0 Å². The fourth-order valence-electron chi connectivity index (χ4n) is 2.31. The molecule has 7 heteroatoms. The molecule has 0 atom stereocenters. The van der Waals surface area contributed by atoms with Crippen LogP contribution in [0.2, 0.25) is 0 Å². The fourth-order valence-corrected chi connectivity index (χ4v) is 2.31. The minimum absolute atomic E-state index is 0.0345. The van der Waals surface area contributed by atoms with E-state index < -0.39 is 4.92 Å². The number of amides is 1. The van der Waals surface area contributed by atoms with Gasteiger partial charge in [0.15, 0.2) is 0 Å². The molecule has 0 spiro atoms. The van der Waals surface area contributed by atoms with E-state index in [1.54, 1.807) is 23.9 Å². The van der Waals surface area contributed by atoms with Gasteiger partial charge in [0.2, 0.25) is 0 Å².